The number of rotatable bonds is 2. The van der Waals surface area contributed by atoms with Crippen molar-refractivity contribution in [1.82, 2.24) is 9.88 Å². The van der Waals surface area contributed by atoms with Crippen LogP contribution in [-0.4, -0.2) is 45.5 Å². The molecule has 0 aliphatic carbocycles. The zero-order chi connectivity index (χ0) is 12.2. The second kappa shape index (κ2) is 6.31. The van der Waals surface area contributed by atoms with Gasteiger partial charge >= 0.3 is 0 Å². The number of pyridine rings is 1. The van der Waals surface area contributed by atoms with E-state index in [0.717, 1.165) is 6.04 Å². The molecule has 3 rings (SSSR count). The molecule has 0 radical (unpaired) electrons. The first-order valence-corrected chi connectivity index (χ1v) is 9.08. The number of aromatic nitrogens is 1. The van der Waals surface area contributed by atoms with E-state index >= 15 is 0 Å². The van der Waals surface area contributed by atoms with E-state index in [1.807, 2.05) is 12.3 Å². The van der Waals surface area contributed by atoms with Gasteiger partial charge in [-0.2, -0.15) is 23.5 Å². The van der Waals surface area contributed by atoms with Gasteiger partial charge in [0.1, 0.15) is 0 Å². The Kier molecular flexibility index (Phi) is 4.49. The minimum atomic E-state index is 0.565. The maximum absolute atomic E-state index is 4.57. The molecule has 2 fully saturated rings. The van der Waals surface area contributed by atoms with Gasteiger partial charge in [-0.25, -0.2) is 0 Å². The number of hydrogen-bond acceptors (Lipinski definition) is 4. The van der Waals surface area contributed by atoms with E-state index in [0.29, 0.717) is 6.04 Å². The Morgan fingerprint density at radius 3 is 2.72 bits per heavy atom. The molecule has 1 aromatic heterocycles. The maximum Gasteiger partial charge on any atom is 0.0575 e. The summed E-state index contributed by atoms with van der Waals surface area (Å²) in [5, 5.41) is 0. The third-order valence-electron chi connectivity index (χ3n) is 3.78. The van der Waals surface area contributed by atoms with E-state index < -0.39 is 0 Å². The highest BCUT2D eigenvalue weighted by molar-refractivity contribution is 8.03. The van der Waals surface area contributed by atoms with E-state index in [4.69, 9.17) is 0 Å². The van der Waals surface area contributed by atoms with Crippen LogP contribution in [0.15, 0.2) is 24.4 Å². The number of nitrogens with zero attached hydrogens (tertiary/aromatic N) is 2. The summed E-state index contributed by atoms with van der Waals surface area (Å²) in [5.74, 6) is 5.25. The molecule has 2 aliphatic rings. The van der Waals surface area contributed by atoms with Crippen molar-refractivity contribution in [2.75, 3.05) is 29.6 Å². The summed E-state index contributed by atoms with van der Waals surface area (Å²) in [6.45, 7) is 1.26. The Balaban J connectivity index is 1.74. The molecule has 2 aliphatic heterocycles. The van der Waals surface area contributed by atoms with Crippen LogP contribution in [0.4, 0.5) is 0 Å². The van der Waals surface area contributed by atoms with Crippen LogP contribution in [0, 0.1) is 0 Å². The van der Waals surface area contributed by atoms with Crippen molar-refractivity contribution >= 4 is 23.5 Å². The Morgan fingerprint density at radius 1 is 1.17 bits per heavy atom. The van der Waals surface area contributed by atoms with Gasteiger partial charge in [-0.15, -0.1) is 0 Å². The Hall–Kier alpha value is -0.190. The Morgan fingerprint density at radius 2 is 2.00 bits per heavy atom. The summed E-state index contributed by atoms with van der Waals surface area (Å²) in [7, 11) is 0. The molecule has 0 unspecified atom stereocenters. The van der Waals surface area contributed by atoms with Gasteiger partial charge in [-0.05, 0) is 31.5 Å². The Bertz CT molecular complexity index is 363. The monoisotopic (exact) mass is 280 g/mol. The van der Waals surface area contributed by atoms with Crippen molar-refractivity contribution in [1.29, 1.82) is 0 Å². The van der Waals surface area contributed by atoms with Gasteiger partial charge in [0, 0.05) is 35.3 Å². The lowest BCUT2D eigenvalue weighted by Gasteiger charge is -2.31. The summed E-state index contributed by atoms with van der Waals surface area (Å²) in [4.78, 5) is 7.29. The van der Waals surface area contributed by atoms with Crippen LogP contribution in [0.25, 0.3) is 0 Å². The average molecular weight is 280 g/mol. The van der Waals surface area contributed by atoms with Crippen LogP contribution >= 0.6 is 23.5 Å². The Labute approximate surface area is 118 Å². The predicted octanol–water partition coefficient (Wildman–Crippen LogP) is 3.07. The number of likely N-dealkylation sites (tertiary alicyclic amines) is 1. The fourth-order valence-electron chi connectivity index (χ4n) is 2.91. The van der Waals surface area contributed by atoms with Crippen LogP contribution in [-0.2, 0) is 0 Å². The van der Waals surface area contributed by atoms with Crippen molar-refractivity contribution in [3.8, 4) is 0 Å². The molecule has 3 heterocycles. The van der Waals surface area contributed by atoms with Crippen molar-refractivity contribution in [2.24, 2.45) is 0 Å². The molecule has 0 aromatic carbocycles. The lowest BCUT2D eigenvalue weighted by Crippen LogP contribution is -2.38. The second-order valence-electron chi connectivity index (χ2n) is 4.95. The molecule has 0 amide bonds. The van der Waals surface area contributed by atoms with Crippen LogP contribution < -0.4 is 0 Å². The normalized spacial score (nSPS) is 27.2. The third-order valence-corrected chi connectivity index (χ3v) is 6.27. The quantitative estimate of drug-likeness (QED) is 0.827. The summed E-state index contributed by atoms with van der Waals surface area (Å²) in [5.41, 5.74) is 1.27. The highest BCUT2D eigenvalue weighted by Crippen LogP contribution is 2.35. The molecule has 0 N–H and O–H groups in total. The van der Waals surface area contributed by atoms with E-state index in [2.05, 4.69) is 45.5 Å². The summed E-state index contributed by atoms with van der Waals surface area (Å²) >= 11 is 4.25. The first-order chi connectivity index (χ1) is 8.95. The molecular formula is C14H20N2S2. The predicted molar refractivity (Wildman–Crippen MR) is 81.4 cm³/mol. The van der Waals surface area contributed by atoms with Crippen LogP contribution in [0.5, 0.6) is 0 Å². The number of hydrogen-bond donors (Lipinski definition) is 0. The van der Waals surface area contributed by atoms with Gasteiger partial charge in [-0.1, -0.05) is 6.07 Å². The average Bonchev–Trinajstić information content (AvgIpc) is 2.75. The highest BCUT2D eigenvalue weighted by Gasteiger charge is 2.32. The van der Waals surface area contributed by atoms with Crippen LogP contribution in [0.2, 0.25) is 0 Å². The molecule has 0 spiro atoms. The van der Waals surface area contributed by atoms with E-state index in [1.54, 1.807) is 0 Å². The van der Waals surface area contributed by atoms with Crippen molar-refractivity contribution in [2.45, 2.75) is 24.9 Å². The topological polar surface area (TPSA) is 16.1 Å². The zero-order valence-corrected chi connectivity index (χ0v) is 12.3. The fraction of sp³-hybridized carbons (Fsp3) is 0.643. The van der Waals surface area contributed by atoms with Gasteiger partial charge in [0.2, 0.25) is 0 Å². The van der Waals surface area contributed by atoms with E-state index in [9.17, 15) is 0 Å². The maximum atomic E-state index is 4.57. The minimum absolute atomic E-state index is 0.565. The van der Waals surface area contributed by atoms with Gasteiger partial charge in [-0.3, -0.25) is 9.88 Å². The van der Waals surface area contributed by atoms with Gasteiger partial charge in [0.25, 0.3) is 0 Å². The molecule has 1 aromatic rings. The molecular weight excluding hydrogens is 260 g/mol. The fourth-order valence-corrected chi connectivity index (χ4v) is 5.50. The first-order valence-electron chi connectivity index (χ1n) is 6.77. The van der Waals surface area contributed by atoms with E-state index in [-0.39, 0.29) is 0 Å². The summed E-state index contributed by atoms with van der Waals surface area (Å²) in [6.07, 6.45) is 4.54. The van der Waals surface area contributed by atoms with Crippen molar-refractivity contribution in [3.63, 3.8) is 0 Å². The standard InChI is InChI=1S/C14H20N2S2/c1-2-6-15-13(4-1)14-5-3-7-16(14)12-10-17-8-9-18-11-12/h1-2,4,6,12,14H,3,5,7-11H2/t14-/m1/s1. The molecule has 98 valence electrons. The SMILES string of the molecule is c1ccc([C@H]2CCCN2C2CSCCSC2)nc1. The lowest BCUT2D eigenvalue weighted by molar-refractivity contribution is 0.208. The molecule has 2 nitrogen and oxygen atoms in total. The second-order valence-corrected chi connectivity index (χ2v) is 7.25. The number of thioether (sulfide) groups is 2. The molecule has 0 bridgehead atoms. The smallest absolute Gasteiger partial charge is 0.0575 e. The van der Waals surface area contributed by atoms with Crippen molar-refractivity contribution in [3.05, 3.63) is 30.1 Å². The zero-order valence-electron chi connectivity index (χ0n) is 10.6. The molecule has 1 atom stereocenters. The van der Waals surface area contributed by atoms with Gasteiger partial charge < -0.3 is 0 Å². The largest absolute Gasteiger partial charge is 0.290 e. The molecule has 0 saturated carbocycles. The third kappa shape index (κ3) is 2.86. The summed E-state index contributed by atoms with van der Waals surface area (Å²) < 4.78 is 0. The van der Waals surface area contributed by atoms with E-state index in [1.165, 1.54) is 48.1 Å². The lowest BCUT2D eigenvalue weighted by atomic mass is 10.1. The highest BCUT2D eigenvalue weighted by atomic mass is 32.2. The molecule has 2 saturated heterocycles. The van der Waals surface area contributed by atoms with Crippen LogP contribution in [0.1, 0.15) is 24.6 Å². The van der Waals surface area contributed by atoms with Gasteiger partial charge in [0.15, 0.2) is 0 Å². The minimum Gasteiger partial charge on any atom is -0.290 e. The summed E-state index contributed by atoms with van der Waals surface area (Å²) in [6, 6.07) is 7.64. The molecule has 18 heavy (non-hydrogen) atoms. The van der Waals surface area contributed by atoms with Crippen molar-refractivity contribution < 1.29 is 0 Å². The first kappa shape index (κ1) is 12.8. The van der Waals surface area contributed by atoms with Gasteiger partial charge in [0.05, 0.1) is 11.7 Å². The van der Waals surface area contributed by atoms with Crippen LogP contribution in [0.3, 0.4) is 0 Å². The molecule has 4 heteroatoms.